The molecule has 0 aromatic carbocycles. The Morgan fingerprint density at radius 1 is 0.351 bits per heavy atom. The molecule has 0 unspecified atom stereocenters. The second-order valence-corrected chi connectivity index (χ2v) is 10.4. The van der Waals surface area contributed by atoms with Crippen LogP contribution in [-0.2, 0) is 0 Å². The molecule has 0 aliphatic carbocycles. The third kappa shape index (κ3) is 289. The maximum absolute atomic E-state index is 2.25. The summed E-state index contributed by atoms with van der Waals surface area (Å²) in [6.45, 7) is 39.1. The minimum Gasteiger partial charge on any atom is -0.0776 e. The molecule has 0 spiro atoms. The van der Waals surface area contributed by atoms with Gasteiger partial charge >= 0.3 is 0 Å². The lowest BCUT2D eigenvalue weighted by Gasteiger charge is -1.90. The Hall–Kier alpha value is 0. The average Bonchev–Trinajstić information content (AvgIpc) is 2.86. The summed E-state index contributed by atoms with van der Waals surface area (Å²) >= 11 is 0. The Kier molecular flexibility index (Phi) is 151. The molecule has 0 bridgehead atoms. The monoisotopic (exact) mass is 537 g/mol. The highest BCUT2D eigenvalue weighted by Crippen LogP contribution is 2.00. The normalized spacial score (nSPS) is 8.11. The molecule has 0 rings (SSSR count). The maximum Gasteiger partial charge on any atom is -0.0474 e. The van der Waals surface area contributed by atoms with Gasteiger partial charge in [0.1, 0.15) is 0 Å². The summed E-state index contributed by atoms with van der Waals surface area (Å²) in [6.07, 6.45) is 21.8. The predicted octanol–water partition coefficient (Wildman–Crippen LogP) is 16.4. The molecule has 240 valence electrons. The summed E-state index contributed by atoms with van der Waals surface area (Å²) in [5, 5.41) is 0. The van der Waals surface area contributed by atoms with Crippen LogP contribution >= 0.6 is 0 Å². The summed E-state index contributed by atoms with van der Waals surface area (Å²) in [4.78, 5) is 0. The average molecular weight is 537 g/mol. The van der Waals surface area contributed by atoms with Crippen molar-refractivity contribution in [2.24, 2.45) is 11.8 Å². The zero-order chi connectivity index (χ0) is 30.5. The van der Waals surface area contributed by atoms with Gasteiger partial charge in [-0.05, 0) is 11.8 Å². The highest BCUT2D eigenvalue weighted by atomic mass is 13.9. The minimum absolute atomic E-state index is 0. The van der Waals surface area contributed by atoms with Gasteiger partial charge < -0.3 is 0 Å². The molecule has 37 heavy (non-hydrogen) atoms. The highest BCUT2D eigenvalue weighted by molar-refractivity contribution is 4.36. The van der Waals surface area contributed by atoms with Gasteiger partial charge in [-0.25, -0.2) is 0 Å². The van der Waals surface area contributed by atoms with E-state index in [-0.39, 0.29) is 7.43 Å². The molecule has 0 aromatic rings. The molecule has 0 N–H and O–H groups in total. The van der Waals surface area contributed by atoms with Crippen LogP contribution in [0.25, 0.3) is 0 Å². The number of unbranched alkanes of at least 4 members (excludes halogenated alkanes) is 10. The van der Waals surface area contributed by atoms with E-state index in [4.69, 9.17) is 0 Å². The Balaban J connectivity index is -0.0000000352. The molecular weight excluding hydrogens is 444 g/mol. The van der Waals surface area contributed by atoms with Crippen LogP contribution in [0.2, 0.25) is 0 Å². The SMILES string of the molecule is C.CC.CC(C)C.CCC.CCC(C)C.CCCC.CCCCC.CCCCCC.CCCCCCC. The maximum atomic E-state index is 2.25. The summed E-state index contributed by atoms with van der Waals surface area (Å²) in [5.41, 5.74) is 0. The van der Waals surface area contributed by atoms with E-state index < -0.39 is 0 Å². The third-order valence-corrected chi connectivity index (χ3v) is 4.19. The van der Waals surface area contributed by atoms with Crippen molar-refractivity contribution in [1.29, 1.82) is 0 Å². The molecule has 0 nitrogen and oxygen atoms in total. The first-order valence-corrected chi connectivity index (χ1v) is 17.1. The van der Waals surface area contributed by atoms with Crippen LogP contribution in [0.15, 0.2) is 0 Å². The summed E-state index contributed by atoms with van der Waals surface area (Å²) in [5.74, 6) is 1.72. The van der Waals surface area contributed by atoms with Crippen molar-refractivity contribution < 1.29 is 0 Å². The van der Waals surface area contributed by atoms with E-state index in [1.54, 1.807) is 0 Å². The van der Waals surface area contributed by atoms with Gasteiger partial charge in [-0.3, -0.25) is 0 Å². The quantitative estimate of drug-likeness (QED) is 0.230. The van der Waals surface area contributed by atoms with Crippen molar-refractivity contribution >= 4 is 0 Å². The van der Waals surface area contributed by atoms with Crippen molar-refractivity contribution in [2.45, 2.75) is 235 Å². The van der Waals surface area contributed by atoms with Crippen LogP contribution in [0.4, 0.5) is 0 Å². The Labute approximate surface area is 246 Å². The van der Waals surface area contributed by atoms with Gasteiger partial charge in [0.25, 0.3) is 0 Å². The molecule has 0 heterocycles. The topological polar surface area (TPSA) is 0 Å². The van der Waals surface area contributed by atoms with Gasteiger partial charge in [0.05, 0.1) is 0 Å². The van der Waals surface area contributed by atoms with Crippen LogP contribution < -0.4 is 0 Å². The summed E-state index contributed by atoms with van der Waals surface area (Å²) in [6, 6.07) is 0. The highest BCUT2D eigenvalue weighted by Gasteiger charge is 1.80. The fourth-order valence-electron chi connectivity index (χ4n) is 1.53. The molecule has 0 aromatic heterocycles. The van der Waals surface area contributed by atoms with E-state index >= 15 is 0 Å². The molecule has 0 aliphatic heterocycles. The Morgan fingerprint density at radius 2 is 0.514 bits per heavy atom. The minimum atomic E-state index is 0. The molecule has 0 amide bonds. The molecule has 0 saturated carbocycles. The first-order valence-electron chi connectivity index (χ1n) is 17.1. The second kappa shape index (κ2) is 91.1. The summed E-state index contributed by atoms with van der Waals surface area (Å²) < 4.78 is 0. The first kappa shape index (κ1) is 61.2. The van der Waals surface area contributed by atoms with Crippen LogP contribution in [-0.4, -0.2) is 0 Å². The number of hydrogen-bond donors (Lipinski definition) is 0. The predicted molar refractivity (Wildman–Crippen MR) is 190 cm³/mol. The lowest BCUT2D eigenvalue weighted by atomic mass is 10.2. The molecule has 0 aliphatic rings. The molecule has 0 radical (unpaired) electrons. The zero-order valence-corrected chi connectivity index (χ0v) is 30.5. The number of hydrogen-bond acceptors (Lipinski definition) is 0. The van der Waals surface area contributed by atoms with Crippen LogP contribution in [0.5, 0.6) is 0 Å². The molecule has 0 fully saturated rings. The third-order valence-electron chi connectivity index (χ3n) is 4.19. The van der Waals surface area contributed by atoms with E-state index in [9.17, 15) is 0 Å². The van der Waals surface area contributed by atoms with Gasteiger partial charge in [0.2, 0.25) is 0 Å². The van der Waals surface area contributed by atoms with Crippen molar-refractivity contribution in [3.8, 4) is 0 Å². The van der Waals surface area contributed by atoms with E-state index in [1.807, 2.05) is 13.8 Å². The molecule has 0 saturated heterocycles. The Bertz CT molecular complexity index is 177. The molecular formula is C37H92. The van der Waals surface area contributed by atoms with Crippen LogP contribution in [0, 0.1) is 11.8 Å². The van der Waals surface area contributed by atoms with E-state index in [0.29, 0.717) is 0 Å². The van der Waals surface area contributed by atoms with E-state index in [2.05, 4.69) is 111 Å². The van der Waals surface area contributed by atoms with E-state index in [1.165, 1.54) is 103 Å². The lowest BCUT2D eigenvalue weighted by molar-refractivity contribution is 0.626. The lowest BCUT2D eigenvalue weighted by Crippen LogP contribution is -1.77. The number of rotatable bonds is 11. The Morgan fingerprint density at radius 3 is 0.595 bits per heavy atom. The van der Waals surface area contributed by atoms with Gasteiger partial charge in [0.15, 0.2) is 0 Å². The zero-order valence-electron chi connectivity index (χ0n) is 30.5. The van der Waals surface area contributed by atoms with Crippen molar-refractivity contribution in [3.63, 3.8) is 0 Å². The summed E-state index contributed by atoms with van der Waals surface area (Å²) in [7, 11) is 0. The fourth-order valence-corrected chi connectivity index (χ4v) is 1.53. The molecule has 0 atom stereocenters. The van der Waals surface area contributed by atoms with Crippen LogP contribution in [0.3, 0.4) is 0 Å². The van der Waals surface area contributed by atoms with Crippen molar-refractivity contribution in [1.82, 2.24) is 0 Å². The second-order valence-electron chi connectivity index (χ2n) is 10.4. The van der Waals surface area contributed by atoms with Crippen LogP contribution in [0.1, 0.15) is 235 Å². The largest absolute Gasteiger partial charge is 0.0776 e. The van der Waals surface area contributed by atoms with E-state index in [0.717, 1.165) is 11.8 Å². The first-order chi connectivity index (χ1) is 17.1. The standard InChI is InChI=1S/C7H16.C6H14.2C5H12.2C4H10.C3H8.C2H6.CH4/c1-3-5-7-6-4-2;1-3-5-6-4-2;1-4-5(2)3;1-3-5-4-2;1-4(2)3;1-3-4-2;1-3-2;1-2;/h3-7H2,1-2H3;3-6H2,1-2H3;5H,4H2,1-3H3;3-5H2,1-2H3;4H,1-3H3;3-4H2,1-2H3;3H2,1-2H3;1-2H3;1H4. The van der Waals surface area contributed by atoms with Gasteiger partial charge in [0, 0.05) is 0 Å². The fraction of sp³-hybridized carbons (Fsp3) is 1.00. The molecule has 0 heteroatoms. The van der Waals surface area contributed by atoms with Gasteiger partial charge in [-0.2, -0.15) is 0 Å². The smallest absolute Gasteiger partial charge is 0.0474 e. The van der Waals surface area contributed by atoms with Crippen molar-refractivity contribution in [2.75, 3.05) is 0 Å². The van der Waals surface area contributed by atoms with Crippen molar-refractivity contribution in [3.05, 3.63) is 0 Å². The van der Waals surface area contributed by atoms with Gasteiger partial charge in [-0.15, -0.1) is 0 Å². The van der Waals surface area contributed by atoms with Gasteiger partial charge in [-0.1, -0.05) is 235 Å².